The van der Waals surface area contributed by atoms with Crippen molar-refractivity contribution in [1.29, 1.82) is 0 Å². The third kappa shape index (κ3) is 2.58. The number of rotatable bonds is 4. The summed E-state index contributed by atoms with van der Waals surface area (Å²) >= 11 is 12.0. The number of phenols is 1. The van der Waals surface area contributed by atoms with Crippen LogP contribution >= 0.6 is 23.2 Å². The number of phenolic OH excluding ortho intramolecular Hbond substituents is 1. The van der Waals surface area contributed by atoms with Crippen molar-refractivity contribution in [2.75, 3.05) is 14.2 Å². The van der Waals surface area contributed by atoms with Gasteiger partial charge in [0.1, 0.15) is 5.78 Å². The molecule has 1 rings (SSSR count). The zero-order valence-electron chi connectivity index (χ0n) is 9.63. The van der Waals surface area contributed by atoms with Crippen molar-refractivity contribution < 1.29 is 19.4 Å². The van der Waals surface area contributed by atoms with E-state index in [9.17, 15) is 9.90 Å². The summed E-state index contributed by atoms with van der Waals surface area (Å²) in [5.74, 6) is -0.297. The van der Waals surface area contributed by atoms with Gasteiger partial charge in [0.15, 0.2) is 11.5 Å². The number of ether oxygens (including phenoxy) is 2. The van der Waals surface area contributed by atoms with E-state index in [2.05, 4.69) is 0 Å². The molecule has 0 aliphatic rings. The highest BCUT2D eigenvalue weighted by atomic mass is 35.5. The maximum absolute atomic E-state index is 11.1. The summed E-state index contributed by atoms with van der Waals surface area (Å²) in [7, 11) is 2.71. The number of Topliss-reactive ketones (excluding diaryl/α,β-unsaturated/α-hetero) is 1. The molecule has 0 fully saturated rings. The van der Waals surface area contributed by atoms with Gasteiger partial charge in [-0.2, -0.15) is 0 Å². The number of ketones is 1. The van der Waals surface area contributed by atoms with Crippen LogP contribution in [-0.4, -0.2) is 25.1 Å². The molecule has 0 radical (unpaired) electrons. The van der Waals surface area contributed by atoms with Crippen LogP contribution in [0.25, 0.3) is 0 Å². The smallest absolute Gasteiger partial charge is 0.203 e. The number of methoxy groups -OCH3 is 2. The lowest BCUT2D eigenvalue weighted by Crippen LogP contribution is -2.02. The maximum Gasteiger partial charge on any atom is 0.203 e. The van der Waals surface area contributed by atoms with Crippen molar-refractivity contribution in [2.45, 2.75) is 13.3 Å². The van der Waals surface area contributed by atoms with Crippen LogP contribution in [0, 0.1) is 0 Å². The number of aromatic hydroxyl groups is 1. The second-order valence-electron chi connectivity index (χ2n) is 3.40. The van der Waals surface area contributed by atoms with Crippen molar-refractivity contribution in [3.63, 3.8) is 0 Å². The first-order chi connectivity index (χ1) is 7.93. The Kier molecular flexibility index (Phi) is 4.48. The molecule has 0 bridgehead atoms. The standard InChI is InChI=1S/C11H12Cl2O4/c1-5(14)4-6-7(12)10(16-2)9(15)11(17-3)8(6)13/h15H,4H2,1-3H3. The van der Waals surface area contributed by atoms with Gasteiger partial charge in [0.2, 0.25) is 5.75 Å². The molecule has 0 saturated heterocycles. The average molecular weight is 279 g/mol. The maximum atomic E-state index is 11.1. The molecule has 0 spiro atoms. The molecule has 0 aliphatic carbocycles. The van der Waals surface area contributed by atoms with Crippen LogP contribution in [0.3, 0.4) is 0 Å². The van der Waals surface area contributed by atoms with E-state index >= 15 is 0 Å². The summed E-state index contributed by atoms with van der Waals surface area (Å²) in [4.78, 5) is 11.1. The largest absolute Gasteiger partial charge is 0.502 e. The fourth-order valence-electron chi connectivity index (χ4n) is 1.46. The van der Waals surface area contributed by atoms with Crippen LogP contribution in [0.2, 0.25) is 10.0 Å². The van der Waals surface area contributed by atoms with Crippen molar-refractivity contribution in [1.82, 2.24) is 0 Å². The monoisotopic (exact) mass is 278 g/mol. The number of carbonyl (C=O) groups excluding carboxylic acids is 1. The third-order valence-electron chi connectivity index (χ3n) is 2.19. The number of halogens is 2. The van der Waals surface area contributed by atoms with Gasteiger partial charge in [-0.25, -0.2) is 0 Å². The highest BCUT2D eigenvalue weighted by molar-refractivity contribution is 6.38. The Bertz CT molecular complexity index is 426. The Hall–Kier alpha value is -1.13. The molecular weight excluding hydrogens is 267 g/mol. The van der Waals surface area contributed by atoms with Gasteiger partial charge in [-0.05, 0) is 6.92 Å². The van der Waals surface area contributed by atoms with Gasteiger partial charge in [-0.1, -0.05) is 23.2 Å². The predicted molar refractivity (Wildman–Crippen MR) is 65.6 cm³/mol. The Balaban J connectivity index is 3.53. The van der Waals surface area contributed by atoms with Gasteiger partial charge in [0, 0.05) is 12.0 Å². The molecule has 17 heavy (non-hydrogen) atoms. The molecule has 94 valence electrons. The van der Waals surface area contributed by atoms with Crippen LogP contribution in [0.5, 0.6) is 17.2 Å². The Morgan fingerprint density at radius 3 is 1.88 bits per heavy atom. The molecule has 0 saturated carbocycles. The highest BCUT2D eigenvalue weighted by Gasteiger charge is 2.23. The van der Waals surface area contributed by atoms with E-state index in [0.717, 1.165) is 0 Å². The van der Waals surface area contributed by atoms with Gasteiger partial charge in [-0.15, -0.1) is 0 Å². The number of hydrogen-bond donors (Lipinski definition) is 1. The molecular formula is C11H12Cl2O4. The first-order valence-corrected chi connectivity index (χ1v) is 5.49. The summed E-state index contributed by atoms with van der Waals surface area (Å²) in [6.45, 7) is 1.42. The summed E-state index contributed by atoms with van der Waals surface area (Å²) in [6.07, 6.45) is 0.0463. The van der Waals surface area contributed by atoms with Gasteiger partial charge in [-0.3, -0.25) is 4.79 Å². The third-order valence-corrected chi connectivity index (χ3v) is 2.99. The topological polar surface area (TPSA) is 55.8 Å². The van der Waals surface area contributed by atoms with Crippen molar-refractivity contribution >= 4 is 29.0 Å². The Morgan fingerprint density at radius 2 is 1.59 bits per heavy atom. The SMILES string of the molecule is COc1c(O)c(OC)c(Cl)c(CC(C)=O)c1Cl. The molecule has 4 nitrogen and oxygen atoms in total. The lowest BCUT2D eigenvalue weighted by Gasteiger charge is -2.15. The normalized spacial score (nSPS) is 10.2. The number of benzene rings is 1. The van der Waals surface area contributed by atoms with E-state index in [-0.39, 0.29) is 39.5 Å². The van der Waals surface area contributed by atoms with E-state index in [1.165, 1.54) is 21.1 Å². The van der Waals surface area contributed by atoms with Gasteiger partial charge in [0.05, 0.1) is 24.3 Å². The summed E-state index contributed by atoms with van der Waals surface area (Å²) < 4.78 is 9.93. The molecule has 0 heterocycles. The lowest BCUT2D eigenvalue weighted by molar-refractivity contribution is -0.116. The zero-order chi connectivity index (χ0) is 13.2. The highest BCUT2D eigenvalue weighted by Crippen LogP contribution is 2.49. The molecule has 1 N–H and O–H groups in total. The summed E-state index contributed by atoms with van der Waals surface area (Å²) in [6, 6.07) is 0. The van der Waals surface area contributed by atoms with E-state index in [1.807, 2.05) is 0 Å². The fourth-order valence-corrected chi connectivity index (χ4v) is 2.16. The quantitative estimate of drug-likeness (QED) is 0.920. The number of hydrogen-bond acceptors (Lipinski definition) is 4. The molecule has 0 amide bonds. The fraction of sp³-hybridized carbons (Fsp3) is 0.364. The molecule has 0 atom stereocenters. The molecule has 0 aromatic heterocycles. The molecule has 0 aliphatic heterocycles. The van der Waals surface area contributed by atoms with Gasteiger partial charge < -0.3 is 14.6 Å². The summed E-state index contributed by atoms with van der Waals surface area (Å²) in [5.41, 5.74) is 0.382. The van der Waals surface area contributed by atoms with E-state index in [1.54, 1.807) is 0 Å². The van der Waals surface area contributed by atoms with Crippen molar-refractivity contribution in [2.24, 2.45) is 0 Å². The average Bonchev–Trinajstić information content (AvgIpc) is 2.25. The van der Waals surface area contributed by atoms with Crippen LogP contribution < -0.4 is 9.47 Å². The zero-order valence-corrected chi connectivity index (χ0v) is 11.1. The molecule has 1 aromatic rings. The minimum atomic E-state index is -0.280. The van der Waals surface area contributed by atoms with Gasteiger partial charge >= 0.3 is 0 Å². The second-order valence-corrected chi connectivity index (χ2v) is 4.16. The van der Waals surface area contributed by atoms with Crippen LogP contribution in [-0.2, 0) is 11.2 Å². The van der Waals surface area contributed by atoms with Crippen LogP contribution in [0.4, 0.5) is 0 Å². The lowest BCUT2D eigenvalue weighted by atomic mass is 10.1. The van der Waals surface area contributed by atoms with Crippen LogP contribution in [0.15, 0.2) is 0 Å². The Labute approximate surface area is 109 Å². The minimum Gasteiger partial charge on any atom is -0.502 e. The van der Waals surface area contributed by atoms with E-state index in [0.29, 0.717) is 5.56 Å². The first-order valence-electron chi connectivity index (χ1n) is 4.74. The van der Waals surface area contributed by atoms with E-state index < -0.39 is 0 Å². The molecule has 0 unspecified atom stereocenters. The van der Waals surface area contributed by atoms with Gasteiger partial charge in [0.25, 0.3) is 0 Å². The minimum absolute atomic E-state index is 0.0455. The van der Waals surface area contributed by atoms with Crippen molar-refractivity contribution in [3.8, 4) is 17.2 Å². The summed E-state index contributed by atoms with van der Waals surface area (Å²) in [5, 5.41) is 10.0. The Morgan fingerprint density at radius 1 is 1.18 bits per heavy atom. The van der Waals surface area contributed by atoms with Crippen LogP contribution in [0.1, 0.15) is 12.5 Å². The first kappa shape index (κ1) is 13.9. The second kappa shape index (κ2) is 5.47. The molecule has 6 heteroatoms. The predicted octanol–water partition coefficient (Wildman–Crippen LogP) is 2.85. The molecule has 1 aromatic carbocycles. The number of carbonyl (C=O) groups is 1. The van der Waals surface area contributed by atoms with E-state index in [4.69, 9.17) is 32.7 Å². The van der Waals surface area contributed by atoms with Crippen molar-refractivity contribution in [3.05, 3.63) is 15.6 Å².